The molecule has 0 atom stereocenters. The molecule has 0 amide bonds. The Hall–Kier alpha value is -0.370. The van der Waals surface area contributed by atoms with Crippen molar-refractivity contribution in [2.75, 3.05) is 12.1 Å². The van der Waals surface area contributed by atoms with Crippen molar-refractivity contribution in [1.29, 1.82) is 0 Å². The van der Waals surface area contributed by atoms with Gasteiger partial charge in [0.15, 0.2) is 6.35 Å². The number of aryl methyl sites for hydroxylation is 1. The van der Waals surface area contributed by atoms with Gasteiger partial charge in [-0.25, -0.2) is 0 Å². The molecule has 0 unspecified atom stereocenters. The fraction of sp³-hybridized carbons (Fsp3) is 0.647. The molecule has 1 rings (SSSR count). The maximum absolute atomic E-state index is 12.9. The van der Waals surface area contributed by atoms with Crippen molar-refractivity contribution >= 4 is 29.5 Å². The molecule has 9 heteroatoms. The Kier molecular flexibility index (Phi) is 9.33. The van der Waals surface area contributed by atoms with Crippen molar-refractivity contribution in [3.63, 3.8) is 0 Å². The van der Waals surface area contributed by atoms with Crippen LogP contribution in [0.1, 0.15) is 47.1 Å². The summed E-state index contributed by atoms with van der Waals surface area (Å²) in [4.78, 5) is 0.756. The Balaban J connectivity index is 3.17. The predicted molar refractivity (Wildman–Crippen MR) is 105 cm³/mol. The summed E-state index contributed by atoms with van der Waals surface area (Å²) in [5.74, 6) is 0.723. The average Bonchev–Trinajstić information content (AvgIpc) is 2.51. The number of benzene rings is 1. The minimum atomic E-state index is -4.11. The third-order valence-corrected chi connectivity index (χ3v) is 7.69. The van der Waals surface area contributed by atoms with Crippen molar-refractivity contribution in [3.05, 3.63) is 23.8 Å². The van der Waals surface area contributed by atoms with Gasteiger partial charge in [0.25, 0.3) is 10.1 Å². The Morgan fingerprint density at radius 2 is 1.65 bits per heavy atom. The van der Waals surface area contributed by atoms with Crippen LogP contribution in [-0.2, 0) is 34.3 Å². The Bertz CT molecular complexity index is 717. The molecule has 26 heavy (non-hydrogen) atoms. The molecule has 0 aliphatic rings. The molecule has 0 aliphatic carbocycles. The van der Waals surface area contributed by atoms with Crippen molar-refractivity contribution in [2.24, 2.45) is 0 Å². The van der Waals surface area contributed by atoms with Crippen LogP contribution in [0.15, 0.2) is 28.0 Å². The second-order valence-corrected chi connectivity index (χ2v) is 10.9. The molecule has 1 aromatic carbocycles. The zero-order valence-corrected chi connectivity index (χ0v) is 18.7. The van der Waals surface area contributed by atoms with E-state index < -0.39 is 24.1 Å². The van der Waals surface area contributed by atoms with E-state index in [1.54, 1.807) is 39.8 Å². The van der Waals surface area contributed by atoms with Gasteiger partial charge in [-0.2, -0.15) is 8.42 Å². The quantitative estimate of drug-likeness (QED) is 0.279. The van der Waals surface area contributed by atoms with E-state index in [0.717, 1.165) is 5.75 Å². The molecule has 0 fully saturated rings. The van der Waals surface area contributed by atoms with Gasteiger partial charge in [0.2, 0.25) is 0 Å². The lowest BCUT2D eigenvalue weighted by atomic mass is 10.2. The van der Waals surface area contributed by atoms with E-state index in [1.807, 2.05) is 19.9 Å². The van der Waals surface area contributed by atoms with Gasteiger partial charge in [0, 0.05) is 4.90 Å². The van der Waals surface area contributed by atoms with Crippen molar-refractivity contribution < 1.29 is 26.2 Å². The van der Waals surface area contributed by atoms with Crippen LogP contribution in [0.2, 0.25) is 0 Å². The molecule has 0 saturated heterocycles. The Morgan fingerprint density at radius 3 is 2.12 bits per heavy atom. The maximum Gasteiger partial charge on any atom is 0.358 e. The van der Waals surface area contributed by atoms with E-state index >= 15 is 0 Å². The summed E-state index contributed by atoms with van der Waals surface area (Å²) in [5, 5.41) is 0. The summed E-state index contributed by atoms with van der Waals surface area (Å²) in [7, 11) is -7.82. The lowest BCUT2D eigenvalue weighted by Crippen LogP contribution is -2.16. The highest BCUT2D eigenvalue weighted by Gasteiger charge is 2.33. The molecule has 0 bridgehead atoms. The molecule has 150 valence electrons. The number of hydrogen-bond donors (Lipinski definition) is 0. The summed E-state index contributed by atoms with van der Waals surface area (Å²) in [5.41, 5.74) is 0.660. The van der Waals surface area contributed by atoms with Crippen LogP contribution < -0.4 is 0 Å². The van der Waals surface area contributed by atoms with Crippen molar-refractivity contribution in [3.8, 4) is 0 Å². The van der Waals surface area contributed by atoms with Crippen LogP contribution in [0, 0.1) is 0 Å². The van der Waals surface area contributed by atoms with E-state index in [2.05, 4.69) is 0 Å². The number of hydrogen-bond acceptors (Lipinski definition) is 7. The van der Waals surface area contributed by atoms with Crippen molar-refractivity contribution in [2.45, 2.75) is 70.0 Å². The largest absolute Gasteiger partial charge is 0.358 e. The second kappa shape index (κ2) is 10.2. The molecule has 1 aromatic rings. The van der Waals surface area contributed by atoms with Crippen LogP contribution in [0.5, 0.6) is 0 Å². The second-order valence-electron chi connectivity index (χ2n) is 6.15. The molecule has 0 aliphatic heterocycles. The zero-order chi connectivity index (χ0) is 20.0. The predicted octanol–water partition coefficient (Wildman–Crippen LogP) is 5.07. The standard InChI is InChI=1S/C17H29O6PS2/c1-7-15-10-9-11-16(25-8-2)17(15)26(19,20)21-12-24(18,22-13(3)4)23-14(5)6/h9-11,13-14H,7-8,12H2,1-6H3. The Labute approximate surface area is 161 Å². The van der Waals surface area contributed by atoms with E-state index in [9.17, 15) is 13.0 Å². The van der Waals surface area contributed by atoms with E-state index in [0.29, 0.717) is 16.9 Å². The molecule has 0 N–H and O–H groups in total. The first-order valence-electron chi connectivity index (χ1n) is 8.64. The van der Waals surface area contributed by atoms with Gasteiger partial charge in [-0.05, 0) is 51.5 Å². The summed E-state index contributed by atoms with van der Waals surface area (Å²) < 4.78 is 54.4. The number of rotatable bonds is 11. The first kappa shape index (κ1) is 23.7. The highest BCUT2D eigenvalue weighted by molar-refractivity contribution is 8.00. The van der Waals surface area contributed by atoms with Gasteiger partial charge in [-0.1, -0.05) is 26.0 Å². The lowest BCUT2D eigenvalue weighted by Gasteiger charge is -2.23. The smallest absolute Gasteiger partial charge is 0.304 e. The minimum Gasteiger partial charge on any atom is -0.304 e. The molecule has 0 spiro atoms. The molecule has 0 heterocycles. The molecule has 0 saturated carbocycles. The molecular weight excluding hydrogens is 395 g/mol. The fourth-order valence-corrected chi connectivity index (χ4v) is 7.04. The van der Waals surface area contributed by atoms with Crippen LogP contribution in [0.4, 0.5) is 0 Å². The highest BCUT2D eigenvalue weighted by atomic mass is 32.2. The molecular formula is C17H29O6PS2. The first-order valence-corrected chi connectivity index (χ1v) is 12.8. The normalized spacial score (nSPS) is 12.9. The van der Waals surface area contributed by atoms with E-state index in [4.69, 9.17) is 13.2 Å². The summed E-state index contributed by atoms with van der Waals surface area (Å²) >= 11 is 1.42. The topological polar surface area (TPSA) is 78.9 Å². The Morgan fingerprint density at radius 1 is 1.08 bits per heavy atom. The van der Waals surface area contributed by atoms with Crippen LogP contribution in [0.25, 0.3) is 0 Å². The van der Waals surface area contributed by atoms with Gasteiger partial charge in [0.05, 0.1) is 12.2 Å². The monoisotopic (exact) mass is 424 g/mol. The minimum absolute atomic E-state index is 0.134. The summed E-state index contributed by atoms with van der Waals surface area (Å²) in [6, 6.07) is 5.33. The van der Waals surface area contributed by atoms with Gasteiger partial charge in [0.1, 0.15) is 4.90 Å². The van der Waals surface area contributed by atoms with Crippen molar-refractivity contribution in [1.82, 2.24) is 0 Å². The first-order chi connectivity index (χ1) is 12.0. The third kappa shape index (κ3) is 6.98. The maximum atomic E-state index is 12.9. The van der Waals surface area contributed by atoms with Gasteiger partial charge < -0.3 is 9.05 Å². The zero-order valence-electron chi connectivity index (χ0n) is 16.2. The van der Waals surface area contributed by atoms with Gasteiger partial charge in [-0.3, -0.25) is 8.75 Å². The van der Waals surface area contributed by atoms with E-state index in [1.165, 1.54) is 11.8 Å². The number of thioether (sulfide) groups is 1. The molecule has 6 nitrogen and oxygen atoms in total. The summed E-state index contributed by atoms with van der Waals surface area (Å²) in [6.45, 7) is 10.6. The van der Waals surface area contributed by atoms with Crippen LogP contribution >= 0.6 is 19.4 Å². The summed E-state index contributed by atoms with van der Waals surface area (Å²) in [6.07, 6.45) is -0.890. The van der Waals surface area contributed by atoms with Crippen LogP contribution in [0.3, 0.4) is 0 Å². The molecule has 0 radical (unpaired) electrons. The lowest BCUT2D eigenvalue weighted by molar-refractivity contribution is 0.129. The molecule has 0 aromatic heterocycles. The average molecular weight is 425 g/mol. The fourth-order valence-electron chi connectivity index (χ4n) is 2.31. The third-order valence-electron chi connectivity index (χ3n) is 3.10. The SMILES string of the molecule is CCSc1cccc(CC)c1S(=O)(=O)OCP(=O)(OC(C)C)OC(C)C. The van der Waals surface area contributed by atoms with Gasteiger partial charge in [-0.15, -0.1) is 11.8 Å². The van der Waals surface area contributed by atoms with E-state index in [-0.39, 0.29) is 17.1 Å². The highest BCUT2D eigenvalue weighted by Crippen LogP contribution is 2.51. The van der Waals surface area contributed by atoms with Crippen LogP contribution in [-0.4, -0.2) is 32.7 Å². The van der Waals surface area contributed by atoms with Gasteiger partial charge >= 0.3 is 7.60 Å².